The monoisotopic (exact) mass is 358 g/mol. The molecule has 23 heavy (non-hydrogen) atoms. The maximum Gasteiger partial charge on any atom is 0.338 e. The Bertz CT molecular complexity index is 694. The van der Waals surface area contributed by atoms with Crippen molar-refractivity contribution >= 4 is 27.6 Å². The zero-order chi connectivity index (χ0) is 17.5. The Kier molecular flexibility index (Phi) is 7.49. The number of hydrogen-bond acceptors (Lipinski definition) is 5. The predicted molar refractivity (Wildman–Crippen MR) is 86.7 cm³/mol. The molecule has 0 aromatic heterocycles. The zero-order valence-electron chi connectivity index (χ0n) is 13.1. The van der Waals surface area contributed by atoms with Gasteiger partial charge in [-0.25, -0.2) is 13.2 Å². The first kappa shape index (κ1) is 19.4. The van der Waals surface area contributed by atoms with Crippen LogP contribution in [0.3, 0.4) is 0 Å². The van der Waals surface area contributed by atoms with Gasteiger partial charge in [0.1, 0.15) is 4.90 Å². The number of carbonyl (C=O) groups excluding carboxylic acids is 1. The second kappa shape index (κ2) is 8.87. The molecule has 126 valence electrons. The fourth-order valence-corrected chi connectivity index (χ4v) is 3.89. The summed E-state index contributed by atoms with van der Waals surface area (Å²) in [5, 5.41) is 8.48. The van der Waals surface area contributed by atoms with Crippen molar-refractivity contribution in [2.75, 3.05) is 19.7 Å². The van der Waals surface area contributed by atoms with Gasteiger partial charge in [0.25, 0.3) is 0 Å². The Morgan fingerprint density at radius 3 is 2.57 bits per heavy atom. The fraction of sp³-hybridized carbons (Fsp3) is 0.467. The molecule has 0 bridgehead atoms. The number of carbonyl (C=O) groups is 1. The lowest BCUT2D eigenvalue weighted by Crippen LogP contribution is -2.31. The smallest absolute Gasteiger partial charge is 0.338 e. The number of ether oxygens (including phenoxy) is 1. The Morgan fingerprint density at radius 2 is 2.00 bits per heavy atom. The van der Waals surface area contributed by atoms with Crippen LogP contribution in [0.4, 0.5) is 0 Å². The molecule has 0 aliphatic heterocycles. The fourth-order valence-electron chi connectivity index (χ4n) is 1.93. The average Bonchev–Trinajstić information content (AvgIpc) is 2.52. The Labute approximate surface area is 141 Å². The van der Waals surface area contributed by atoms with E-state index in [1.165, 1.54) is 22.5 Å². The highest BCUT2D eigenvalue weighted by molar-refractivity contribution is 7.89. The lowest BCUT2D eigenvalue weighted by atomic mass is 10.2. The lowest BCUT2D eigenvalue weighted by Gasteiger charge is -2.19. The highest BCUT2D eigenvalue weighted by Gasteiger charge is 2.25. The molecular formula is C15H19ClN2O4S. The van der Waals surface area contributed by atoms with Crippen LogP contribution >= 0.6 is 11.6 Å². The molecule has 1 aromatic carbocycles. The van der Waals surface area contributed by atoms with Gasteiger partial charge in [-0.3, -0.25) is 0 Å². The van der Waals surface area contributed by atoms with E-state index < -0.39 is 16.0 Å². The summed E-state index contributed by atoms with van der Waals surface area (Å²) in [5.41, 5.74) is 0.108. The van der Waals surface area contributed by atoms with Gasteiger partial charge >= 0.3 is 5.97 Å². The van der Waals surface area contributed by atoms with Gasteiger partial charge in [-0.05, 0) is 24.6 Å². The number of unbranched alkanes of at least 4 members (excludes halogenated alkanes) is 1. The van der Waals surface area contributed by atoms with Crippen molar-refractivity contribution in [1.82, 2.24) is 4.31 Å². The van der Waals surface area contributed by atoms with E-state index in [9.17, 15) is 13.2 Å². The third-order valence-electron chi connectivity index (χ3n) is 3.16. The van der Waals surface area contributed by atoms with Crippen LogP contribution in [-0.2, 0) is 14.8 Å². The third kappa shape index (κ3) is 4.93. The summed E-state index contributed by atoms with van der Waals surface area (Å²) in [6.07, 6.45) is 0.718. The largest absolute Gasteiger partial charge is 0.462 e. The summed E-state index contributed by atoms with van der Waals surface area (Å²) in [4.78, 5) is 11.8. The first-order valence-corrected chi connectivity index (χ1v) is 9.04. The minimum atomic E-state index is -3.77. The van der Waals surface area contributed by atoms with E-state index >= 15 is 0 Å². The van der Waals surface area contributed by atoms with E-state index in [0.29, 0.717) is 19.5 Å². The number of hydrogen-bond donors (Lipinski definition) is 0. The first-order valence-electron chi connectivity index (χ1n) is 7.22. The molecule has 0 atom stereocenters. The number of rotatable bonds is 8. The number of nitriles is 1. The molecule has 0 saturated heterocycles. The molecule has 8 heteroatoms. The van der Waals surface area contributed by atoms with Crippen LogP contribution in [-0.4, -0.2) is 38.4 Å². The molecule has 0 fully saturated rings. The molecule has 0 heterocycles. The highest BCUT2D eigenvalue weighted by Crippen LogP contribution is 2.26. The molecule has 0 unspecified atom stereocenters. The SMILES string of the molecule is CCN(CC)S(=O)(=O)c1cc(C(=O)OCCCC#N)ccc1Cl. The van der Waals surface area contributed by atoms with Crippen molar-refractivity contribution in [3.63, 3.8) is 0 Å². The summed E-state index contributed by atoms with van der Waals surface area (Å²) >= 11 is 6.00. The summed E-state index contributed by atoms with van der Waals surface area (Å²) in [6, 6.07) is 5.95. The van der Waals surface area contributed by atoms with Gasteiger partial charge in [0.15, 0.2) is 0 Å². The van der Waals surface area contributed by atoms with E-state index in [2.05, 4.69) is 0 Å². The molecule has 0 radical (unpaired) electrons. The zero-order valence-corrected chi connectivity index (χ0v) is 14.7. The van der Waals surface area contributed by atoms with Crippen LogP contribution in [0.2, 0.25) is 5.02 Å². The van der Waals surface area contributed by atoms with Crippen molar-refractivity contribution in [3.05, 3.63) is 28.8 Å². The van der Waals surface area contributed by atoms with Gasteiger partial charge in [-0.1, -0.05) is 25.4 Å². The molecule has 0 N–H and O–H groups in total. The molecule has 0 aliphatic carbocycles. The maximum atomic E-state index is 12.5. The molecule has 1 aromatic rings. The first-order chi connectivity index (χ1) is 10.9. The Balaban J connectivity index is 3.04. The van der Waals surface area contributed by atoms with E-state index in [1.807, 2.05) is 6.07 Å². The summed E-state index contributed by atoms with van der Waals surface area (Å²) in [7, 11) is -3.77. The molecule has 0 amide bonds. The van der Waals surface area contributed by atoms with Gasteiger partial charge in [-0.15, -0.1) is 0 Å². The number of benzene rings is 1. The van der Waals surface area contributed by atoms with Crippen LogP contribution in [0.15, 0.2) is 23.1 Å². The van der Waals surface area contributed by atoms with E-state index in [1.54, 1.807) is 13.8 Å². The molecule has 0 saturated carbocycles. The third-order valence-corrected chi connectivity index (χ3v) is 5.69. The van der Waals surface area contributed by atoms with E-state index in [0.717, 1.165) is 0 Å². The normalized spacial score (nSPS) is 11.3. The topological polar surface area (TPSA) is 87.5 Å². The van der Waals surface area contributed by atoms with Crippen LogP contribution in [0.1, 0.15) is 37.0 Å². The summed E-state index contributed by atoms with van der Waals surface area (Å²) in [6.45, 7) is 4.16. The Hall–Kier alpha value is -1.62. The number of nitrogens with zero attached hydrogens (tertiary/aromatic N) is 2. The number of esters is 1. The highest BCUT2D eigenvalue weighted by atomic mass is 35.5. The van der Waals surface area contributed by atoms with Gasteiger partial charge in [0.2, 0.25) is 10.0 Å². The van der Waals surface area contributed by atoms with Crippen molar-refractivity contribution in [3.8, 4) is 6.07 Å². The van der Waals surface area contributed by atoms with Gasteiger partial charge in [0.05, 0.1) is 23.3 Å². The van der Waals surface area contributed by atoms with Crippen molar-refractivity contribution in [1.29, 1.82) is 5.26 Å². The lowest BCUT2D eigenvalue weighted by molar-refractivity contribution is 0.0501. The van der Waals surface area contributed by atoms with Crippen molar-refractivity contribution in [2.24, 2.45) is 0 Å². The van der Waals surface area contributed by atoms with Crippen LogP contribution in [0.5, 0.6) is 0 Å². The minimum Gasteiger partial charge on any atom is -0.462 e. The van der Waals surface area contributed by atoms with Crippen LogP contribution in [0, 0.1) is 11.3 Å². The van der Waals surface area contributed by atoms with E-state index in [-0.39, 0.29) is 28.5 Å². The van der Waals surface area contributed by atoms with Crippen LogP contribution < -0.4 is 0 Å². The van der Waals surface area contributed by atoms with Crippen LogP contribution in [0.25, 0.3) is 0 Å². The predicted octanol–water partition coefficient (Wildman–Crippen LogP) is 2.83. The van der Waals surface area contributed by atoms with Gasteiger partial charge in [-0.2, -0.15) is 9.57 Å². The second-order valence-corrected chi connectivity index (χ2v) is 6.95. The van der Waals surface area contributed by atoms with Gasteiger partial charge < -0.3 is 4.74 Å². The van der Waals surface area contributed by atoms with E-state index in [4.69, 9.17) is 21.6 Å². The molecule has 0 aliphatic rings. The Morgan fingerprint density at radius 1 is 1.35 bits per heavy atom. The van der Waals surface area contributed by atoms with Crippen molar-refractivity contribution < 1.29 is 17.9 Å². The van der Waals surface area contributed by atoms with Gasteiger partial charge in [0, 0.05) is 19.5 Å². The van der Waals surface area contributed by atoms with Crippen molar-refractivity contribution in [2.45, 2.75) is 31.6 Å². The maximum absolute atomic E-state index is 12.5. The molecule has 0 spiro atoms. The molecule has 6 nitrogen and oxygen atoms in total. The second-order valence-electron chi connectivity index (χ2n) is 4.63. The standard InChI is InChI=1S/C15H19ClN2O4S/c1-3-18(4-2)23(20,21)14-11-12(7-8-13(14)16)15(19)22-10-6-5-9-17/h7-8,11H,3-6,10H2,1-2H3. The number of halogens is 1. The summed E-state index contributed by atoms with van der Waals surface area (Å²) < 4.78 is 31.4. The minimum absolute atomic E-state index is 0.0536. The quantitative estimate of drug-likeness (QED) is 0.526. The molecular weight excluding hydrogens is 340 g/mol. The summed E-state index contributed by atoms with van der Waals surface area (Å²) in [5.74, 6) is -0.643. The molecule has 1 rings (SSSR count). The number of sulfonamides is 1. The average molecular weight is 359 g/mol.